The van der Waals surface area contributed by atoms with E-state index in [0.717, 1.165) is 0 Å². The zero-order chi connectivity index (χ0) is 13.1. The van der Waals surface area contributed by atoms with Gasteiger partial charge in [0.25, 0.3) is 0 Å². The van der Waals surface area contributed by atoms with Crippen LogP contribution in [0.5, 0.6) is 0 Å². The highest BCUT2D eigenvalue weighted by Gasteiger charge is 2.17. The molecule has 1 aromatic heterocycles. The number of rotatable bonds is 3. The predicted molar refractivity (Wildman–Crippen MR) is 60.4 cm³/mol. The first-order chi connectivity index (χ1) is 8.61. The molecule has 0 radical (unpaired) electrons. The molecule has 94 valence electrons. The zero-order valence-electron chi connectivity index (χ0n) is 9.94. The van der Waals surface area contributed by atoms with Crippen LogP contribution in [0.2, 0.25) is 0 Å². The van der Waals surface area contributed by atoms with Crippen LogP contribution in [0.25, 0.3) is 11.4 Å². The lowest BCUT2D eigenvalue weighted by atomic mass is 10.1. The molecule has 2 aromatic rings. The van der Waals surface area contributed by atoms with Crippen LogP contribution in [-0.2, 0) is 4.74 Å². The molecular weight excluding hydrogens is 239 g/mol. The summed E-state index contributed by atoms with van der Waals surface area (Å²) < 4.78 is 22.8. The summed E-state index contributed by atoms with van der Waals surface area (Å²) in [5.41, 5.74) is 0.963. The molecule has 0 saturated heterocycles. The third-order valence-electron chi connectivity index (χ3n) is 2.31. The monoisotopic (exact) mass is 250 g/mol. The van der Waals surface area contributed by atoms with Gasteiger partial charge in [0.2, 0.25) is 5.82 Å². The van der Waals surface area contributed by atoms with Crippen LogP contribution >= 0.6 is 0 Å². The first-order valence-electron chi connectivity index (χ1n) is 5.39. The fourth-order valence-corrected chi connectivity index (χ4v) is 1.35. The van der Waals surface area contributed by atoms with Crippen molar-refractivity contribution in [3.8, 4) is 11.4 Å². The smallest absolute Gasteiger partial charge is 0.397 e. The van der Waals surface area contributed by atoms with Gasteiger partial charge in [-0.15, -0.1) is 0 Å². The van der Waals surface area contributed by atoms with Gasteiger partial charge in [-0.25, -0.2) is 9.18 Å². The maximum Gasteiger partial charge on any atom is 0.397 e. The first-order valence-corrected chi connectivity index (χ1v) is 5.39. The molecule has 18 heavy (non-hydrogen) atoms. The summed E-state index contributed by atoms with van der Waals surface area (Å²) in [6.07, 6.45) is 0. The van der Waals surface area contributed by atoms with Gasteiger partial charge in [-0.2, -0.15) is 4.98 Å². The molecule has 0 amide bonds. The van der Waals surface area contributed by atoms with Crippen molar-refractivity contribution in [3.05, 3.63) is 35.5 Å². The van der Waals surface area contributed by atoms with Gasteiger partial charge >= 0.3 is 11.9 Å². The molecular formula is C12H11FN2O3. The molecule has 1 heterocycles. The third kappa shape index (κ3) is 2.37. The van der Waals surface area contributed by atoms with Crippen LogP contribution in [-0.4, -0.2) is 22.7 Å². The van der Waals surface area contributed by atoms with Crippen molar-refractivity contribution in [1.82, 2.24) is 10.1 Å². The summed E-state index contributed by atoms with van der Waals surface area (Å²) in [6, 6.07) is 4.54. The van der Waals surface area contributed by atoms with Crippen LogP contribution < -0.4 is 0 Å². The van der Waals surface area contributed by atoms with Gasteiger partial charge in [-0.05, 0) is 25.5 Å². The number of benzene rings is 1. The highest BCUT2D eigenvalue weighted by Crippen LogP contribution is 2.19. The van der Waals surface area contributed by atoms with Crippen LogP contribution in [0.3, 0.4) is 0 Å². The molecule has 0 fully saturated rings. The standard InChI is InChI=1S/C12H11FN2O3/c1-3-17-12(16)11-14-10(15-18-11)8-5-4-7(2)9(13)6-8/h4-6H,3H2,1-2H3. The summed E-state index contributed by atoms with van der Waals surface area (Å²) >= 11 is 0. The number of hydrogen-bond acceptors (Lipinski definition) is 5. The Bertz CT molecular complexity index is 580. The Kier molecular flexibility index (Phi) is 3.36. The number of esters is 1. The fourth-order valence-electron chi connectivity index (χ4n) is 1.35. The average molecular weight is 250 g/mol. The normalized spacial score (nSPS) is 10.4. The van der Waals surface area contributed by atoms with Crippen molar-refractivity contribution in [1.29, 1.82) is 0 Å². The molecule has 1 aromatic carbocycles. The highest BCUT2D eigenvalue weighted by atomic mass is 19.1. The minimum absolute atomic E-state index is 0.150. The van der Waals surface area contributed by atoms with Crippen LogP contribution in [0.15, 0.2) is 22.7 Å². The Labute approximate surface area is 103 Å². The zero-order valence-corrected chi connectivity index (χ0v) is 9.94. The number of halogens is 1. The summed E-state index contributed by atoms with van der Waals surface area (Å²) in [7, 11) is 0. The maximum absolute atomic E-state index is 13.4. The Hall–Kier alpha value is -2.24. The topological polar surface area (TPSA) is 65.2 Å². The van der Waals surface area contributed by atoms with Gasteiger partial charge in [-0.3, -0.25) is 0 Å². The van der Waals surface area contributed by atoms with Gasteiger partial charge in [0.05, 0.1) is 6.61 Å². The lowest BCUT2D eigenvalue weighted by Gasteiger charge is -1.97. The van der Waals surface area contributed by atoms with E-state index in [0.29, 0.717) is 11.1 Å². The number of carbonyl (C=O) groups excluding carboxylic acids is 1. The summed E-state index contributed by atoms with van der Waals surface area (Å²) in [6.45, 7) is 3.54. The maximum atomic E-state index is 13.4. The lowest BCUT2D eigenvalue weighted by molar-refractivity contribution is 0.0470. The summed E-state index contributed by atoms with van der Waals surface area (Å²) in [5.74, 6) is -1.15. The van der Waals surface area contributed by atoms with E-state index in [-0.39, 0.29) is 24.1 Å². The quantitative estimate of drug-likeness (QED) is 0.782. The van der Waals surface area contributed by atoms with Crippen molar-refractivity contribution < 1.29 is 18.4 Å². The van der Waals surface area contributed by atoms with E-state index in [4.69, 9.17) is 9.26 Å². The SMILES string of the molecule is CCOC(=O)c1nc(-c2ccc(C)c(F)c2)no1. The van der Waals surface area contributed by atoms with Crippen molar-refractivity contribution in [3.63, 3.8) is 0 Å². The number of ether oxygens (including phenoxy) is 1. The van der Waals surface area contributed by atoms with E-state index < -0.39 is 5.97 Å². The Morgan fingerprint density at radius 1 is 1.50 bits per heavy atom. The molecule has 0 bridgehead atoms. The molecule has 6 heteroatoms. The number of carbonyl (C=O) groups is 1. The van der Waals surface area contributed by atoms with Gasteiger partial charge in [-0.1, -0.05) is 17.3 Å². The van der Waals surface area contributed by atoms with Crippen LogP contribution in [0, 0.1) is 12.7 Å². The molecule has 0 unspecified atom stereocenters. The van der Waals surface area contributed by atoms with E-state index in [1.54, 1.807) is 26.0 Å². The number of aromatic nitrogens is 2. The minimum Gasteiger partial charge on any atom is -0.459 e. The second-order valence-electron chi connectivity index (χ2n) is 3.61. The van der Waals surface area contributed by atoms with Crippen molar-refractivity contribution in [2.75, 3.05) is 6.61 Å². The van der Waals surface area contributed by atoms with E-state index in [1.807, 2.05) is 0 Å². The minimum atomic E-state index is -0.691. The van der Waals surface area contributed by atoms with Crippen molar-refractivity contribution in [2.45, 2.75) is 13.8 Å². The molecule has 2 rings (SSSR count). The van der Waals surface area contributed by atoms with Gasteiger partial charge in [0.15, 0.2) is 0 Å². The lowest BCUT2D eigenvalue weighted by Crippen LogP contribution is -2.04. The van der Waals surface area contributed by atoms with Crippen LogP contribution in [0.1, 0.15) is 23.2 Å². The van der Waals surface area contributed by atoms with E-state index in [2.05, 4.69) is 10.1 Å². The molecule has 0 N–H and O–H groups in total. The number of nitrogens with zero attached hydrogens (tertiary/aromatic N) is 2. The van der Waals surface area contributed by atoms with Crippen molar-refractivity contribution >= 4 is 5.97 Å². The molecule has 0 aliphatic heterocycles. The van der Waals surface area contributed by atoms with E-state index in [1.165, 1.54) is 6.07 Å². The van der Waals surface area contributed by atoms with Gasteiger partial charge in [0.1, 0.15) is 5.82 Å². The third-order valence-corrected chi connectivity index (χ3v) is 2.31. The molecule has 0 spiro atoms. The van der Waals surface area contributed by atoms with Crippen molar-refractivity contribution in [2.24, 2.45) is 0 Å². The predicted octanol–water partition coefficient (Wildman–Crippen LogP) is 2.36. The van der Waals surface area contributed by atoms with E-state index >= 15 is 0 Å². The number of aryl methyl sites for hydroxylation is 1. The average Bonchev–Trinajstić information content (AvgIpc) is 2.82. The van der Waals surface area contributed by atoms with Crippen LogP contribution in [0.4, 0.5) is 4.39 Å². The summed E-state index contributed by atoms with van der Waals surface area (Å²) in [5, 5.41) is 3.61. The Morgan fingerprint density at radius 3 is 2.94 bits per heavy atom. The Balaban J connectivity index is 2.29. The molecule has 0 atom stereocenters. The second kappa shape index (κ2) is 4.95. The molecule has 5 nitrogen and oxygen atoms in total. The van der Waals surface area contributed by atoms with Gasteiger partial charge < -0.3 is 9.26 Å². The van der Waals surface area contributed by atoms with Gasteiger partial charge in [0, 0.05) is 5.56 Å². The number of hydrogen-bond donors (Lipinski definition) is 0. The first kappa shape index (κ1) is 12.2. The molecule has 0 saturated carbocycles. The van der Waals surface area contributed by atoms with E-state index in [9.17, 15) is 9.18 Å². The fraction of sp³-hybridized carbons (Fsp3) is 0.250. The summed E-state index contributed by atoms with van der Waals surface area (Å²) in [4.78, 5) is 15.2. The molecule has 0 aliphatic rings. The highest BCUT2D eigenvalue weighted by molar-refractivity contribution is 5.84. The molecule has 0 aliphatic carbocycles. The Morgan fingerprint density at radius 2 is 2.28 bits per heavy atom. The largest absolute Gasteiger partial charge is 0.459 e. The second-order valence-corrected chi connectivity index (χ2v) is 3.61.